The summed E-state index contributed by atoms with van der Waals surface area (Å²) in [5.74, 6) is -1.33. The van der Waals surface area contributed by atoms with Crippen LogP contribution in [-0.2, 0) is 9.59 Å². The molecule has 0 unspecified atom stereocenters. The molecular weight excluding hydrogens is 431 g/mol. The Hall–Kier alpha value is -2.83. The summed E-state index contributed by atoms with van der Waals surface area (Å²) in [6.45, 7) is 2.64. The van der Waals surface area contributed by atoms with Gasteiger partial charge in [0.2, 0.25) is 11.8 Å². The van der Waals surface area contributed by atoms with Gasteiger partial charge < -0.3 is 35.5 Å². The van der Waals surface area contributed by atoms with E-state index >= 15 is 0 Å². The number of likely N-dealkylation sites (N-methyl/N-ethyl adjacent to an activating group) is 1. The van der Waals surface area contributed by atoms with Gasteiger partial charge in [0.15, 0.2) is 0 Å². The van der Waals surface area contributed by atoms with E-state index in [1.807, 2.05) is 4.90 Å². The van der Waals surface area contributed by atoms with Crippen LogP contribution >= 0.6 is 0 Å². The number of carboxylic acids is 1. The summed E-state index contributed by atoms with van der Waals surface area (Å²) in [4.78, 5) is 39.3. The maximum absolute atomic E-state index is 12.4. The number of ether oxygens (including phenoxy) is 1. The molecule has 3 atom stereocenters. The third-order valence-corrected chi connectivity index (χ3v) is 6.39. The lowest BCUT2D eigenvalue weighted by molar-refractivity contribution is -0.133. The van der Waals surface area contributed by atoms with Crippen molar-refractivity contribution >= 4 is 24.9 Å². The van der Waals surface area contributed by atoms with Crippen molar-refractivity contribution in [2.24, 2.45) is 5.73 Å². The maximum atomic E-state index is 12.4. The highest BCUT2D eigenvalue weighted by molar-refractivity contribution is 6.48. The summed E-state index contributed by atoms with van der Waals surface area (Å²) < 4.78 is 11.4. The molecule has 2 amide bonds. The summed E-state index contributed by atoms with van der Waals surface area (Å²) in [7, 11) is 2.20. The molecule has 2 fully saturated rings. The lowest BCUT2D eigenvalue weighted by Crippen LogP contribution is -2.64. The molecule has 0 bridgehead atoms. The minimum absolute atomic E-state index is 0.0230. The van der Waals surface area contributed by atoms with Crippen LogP contribution in [0.4, 0.5) is 0 Å². The Bertz CT molecular complexity index is 980. The number of nitrogens with one attached hydrogen (secondary N) is 1. The van der Waals surface area contributed by atoms with Gasteiger partial charge in [-0.3, -0.25) is 14.5 Å². The van der Waals surface area contributed by atoms with E-state index < -0.39 is 24.5 Å². The first-order chi connectivity index (χ1) is 15.5. The lowest BCUT2D eigenvalue weighted by atomic mass is 9.77. The van der Waals surface area contributed by atoms with Crippen LogP contribution in [0.15, 0.2) is 12.1 Å². The molecule has 1 saturated carbocycles. The number of nitrogens with two attached hydrogens (primary N) is 1. The fourth-order valence-corrected chi connectivity index (χ4v) is 4.35. The van der Waals surface area contributed by atoms with E-state index in [-0.39, 0.29) is 53.9 Å². The molecule has 178 valence electrons. The second kappa shape index (κ2) is 8.51. The fourth-order valence-electron chi connectivity index (χ4n) is 4.35. The number of nitrogens with zero attached hydrogens (tertiary/aromatic N) is 2. The molecule has 1 aromatic rings. The normalized spacial score (nSPS) is 23.2. The maximum Gasteiger partial charge on any atom is 0.526 e. The van der Waals surface area contributed by atoms with E-state index in [4.69, 9.17) is 15.1 Å². The van der Waals surface area contributed by atoms with Gasteiger partial charge in [-0.25, -0.2) is 4.79 Å². The van der Waals surface area contributed by atoms with Gasteiger partial charge in [-0.2, -0.15) is 0 Å². The summed E-state index contributed by atoms with van der Waals surface area (Å²) in [5.41, 5.74) is 5.67. The lowest BCUT2D eigenvalue weighted by Gasteiger charge is -2.42. The van der Waals surface area contributed by atoms with E-state index in [0.717, 1.165) is 12.0 Å². The number of likely N-dealkylation sites (tertiary alicyclic amines) is 1. The Morgan fingerprint density at radius 3 is 2.70 bits per heavy atom. The van der Waals surface area contributed by atoms with Crippen LogP contribution in [0.2, 0.25) is 5.82 Å². The number of fused-ring (bicyclic) bond motifs is 3. The Balaban J connectivity index is 1.34. The molecule has 0 radical (unpaired) electrons. The van der Waals surface area contributed by atoms with Crippen LogP contribution in [0.25, 0.3) is 0 Å². The standard InChI is InChI=1S/C21H29BN4O7/c1-21(23,20(30)24-7-16(27)25(2)3)10-26-8-11(9-26)32-15-5-4-12-13-6-14(13)22(31)33-18(12)17(15)19(28)29/h4-5,11,13-14,31H,6-10,23H2,1-3H3,(H,24,30)(H,28,29)/t13-,14-,21-/m1/s1. The second-order valence-electron chi connectivity index (χ2n) is 9.50. The summed E-state index contributed by atoms with van der Waals surface area (Å²) in [6.07, 6.45) is 0.497. The Labute approximate surface area is 191 Å². The van der Waals surface area contributed by atoms with Crippen LogP contribution in [-0.4, -0.2) is 96.7 Å². The van der Waals surface area contributed by atoms with Crippen molar-refractivity contribution in [2.75, 3.05) is 40.3 Å². The molecule has 1 aromatic carbocycles. The smallest absolute Gasteiger partial charge is 0.526 e. The third-order valence-electron chi connectivity index (χ3n) is 6.39. The van der Waals surface area contributed by atoms with Gasteiger partial charge in [0.25, 0.3) is 0 Å². The first-order valence-corrected chi connectivity index (χ1v) is 10.9. The molecule has 4 rings (SSSR count). The predicted octanol–water partition coefficient (Wildman–Crippen LogP) is -0.900. The molecule has 1 aliphatic carbocycles. The quantitative estimate of drug-likeness (QED) is 0.361. The molecule has 33 heavy (non-hydrogen) atoms. The predicted molar refractivity (Wildman–Crippen MR) is 118 cm³/mol. The molecule has 11 nitrogen and oxygen atoms in total. The van der Waals surface area contributed by atoms with E-state index in [2.05, 4.69) is 5.32 Å². The minimum Gasteiger partial charge on any atom is -0.535 e. The first-order valence-electron chi connectivity index (χ1n) is 10.9. The number of hydrogen-bond donors (Lipinski definition) is 4. The number of amides is 2. The van der Waals surface area contributed by atoms with Crippen molar-refractivity contribution in [2.45, 2.75) is 36.7 Å². The molecule has 0 aromatic heterocycles. The summed E-state index contributed by atoms with van der Waals surface area (Å²) >= 11 is 0. The van der Waals surface area contributed by atoms with E-state index in [0.29, 0.717) is 13.1 Å². The zero-order valence-corrected chi connectivity index (χ0v) is 18.9. The Morgan fingerprint density at radius 2 is 2.06 bits per heavy atom. The zero-order valence-electron chi connectivity index (χ0n) is 18.9. The van der Waals surface area contributed by atoms with Crippen molar-refractivity contribution in [1.82, 2.24) is 15.1 Å². The molecule has 5 N–H and O–H groups in total. The number of carbonyl (C=O) groups excluding carboxylic acids is 2. The number of benzene rings is 1. The first kappa shape index (κ1) is 23.3. The molecule has 1 saturated heterocycles. The highest BCUT2D eigenvalue weighted by Gasteiger charge is 2.54. The van der Waals surface area contributed by atoms with Gasteiger partial charge in [0, 0.05) is 39.5 Å². The van der Waals surface area contributed by atoms with Crippen molar-refractivity contribution in [3.05, 3.63) is 23.3 Å². The van der Waals surface area contributed by atoms with Gasteiger partial charge in [-0.15, -0.1) is 0 Å². The summed E-state index contributed by atoms with van der Waals surface area (Å²) in [6, 6.07) is 3.45. The highest BCUT2D eigenvalue weighted by atomic mass is 16.5. The van der Waals surface area contributed by atoms with Crippen molar-refractivity contribution < 1.29 is 33.9 Å². The minimum atomic E-state index is -1.21. The molecule has 12 heteroatoms. The van der Waals surface area contributed by atoms with Crippen LogP contribution in [0, 0.1) is 0 Å². The zero-order chi connectivity index (χ0) is 24.1. The Morgan fingerprint density at radius 1 is 1.36 bits per heavy atom. The van der Waals surface area contributed by atoms with Crippen LogP contribution < -0.4 is 20.4 Å². The summed E-state index contributed by atoms with van der Waals surface area (Å²) in [5, 5.41) is 22.4. The van der Waals surface area contributed by atoms with E-state index in [1.54, 1.807) is 33.2 Å². The van der Waals surface area contributed by atoms with Crippen LogP contribution in [0.3, 0.4) is 0 Å². The van der Waals surface area contributed by atoms with Gasteiger partial charge in [0.05, 0.1) is 6.54 Å². The van der Waals surface area contributed by atoms with Crippen molar-refractivity contribution in [3.63, 3.8) is 0 Å². The average molecular weight is 460 g/mol. The largest absolute Gasteiger partial charge is 0.535 e. The second-order valence-corrected chi connectivity index (χ2v) is 9.50. The molecule has 2 aliphatic heterocycles. The van der Waals surface area contributed by atoms with E-state index in [9.17, 15) is 24.5 Å². The monoisotopic (exact) mass is 460 g/mol. The topological polar surface area (TPSA) is 155 Å². The van der Waals surface area contributed by atoms with Crippen LogP contribution in [0.5, 0.6) is 11.5 Å². The Kier molecular flexibility index (Phi) is 6.02. The van der Waals surface area contributed by atoms with Gasteiger partial charge >= 0.3 is 13.1 Å². The third kappa shape index (κ3) is 4.64. The van der Waals surface area contributed by atoms with Crippen LogP contribution in [0.1, 0.15) is 35.2 Å². The highest BCUT2D eigenvalue weighted by Crippen LogP contribution is 2.60. The van der Waals surface area contributed by atoms with Gasteiger partial charge in [0.1, 0.15) is 28.7 Å². The van der Waals surface area contributed by atoms with Gasteiger partial charge in [-0.05, 0) is 30.9 Å². The van der Waals surface area contributed by atoms with Crippen molar-refractivity contribution in [3.8, 4) is 11.5 Å². The average Bonchev–Trinajstić information content (AvgIpc) is 3.51. The molecular formula is C21H29BN4O7. The fraction of sp³-hybridized carbons (Fsp3) is 0.571. The van der Waals surface area contributed by atoms with Crippen molar-refractivity contribution in [1.29, 1.82) is 0 Å². The number of carboxylic acid groups (broad SMARTS) is 1. The number of carbonyl (C=O) groups is 3. The van der Waals surface area contributed by atoms with Gasteiger partial charge in [-0.1, -0.05) is 6.07 Å². The number of rotatable bonds is 8. The SMILES string of the molecule is CN(C)C(=O)CNC(=O)[C@](C)(N)CN1CC(Oc2ccc3c(c2C(=O)O)OB(O)[C@@H]2C[C@H]32)C1. The molecule has 0 spiro atoms. The molecule has 3 aliphatic rings. The number of hydrogen-bond acceptors (Lipinski definition) is 8. The van der Waals surface area contributed by atoms with E-state index in [1.165, 1.54) is 4.90 Å². The number of aromatic carboxylic acids is 1. The molecule has 2 heterocycles.